The summed E-state index contributed by atoms with van der Waals surface area (Å²) >= 11 is 0. The minimum absolute atomic E-state index is 0.0332. The van der Waals surface area contributed by atoms with Crippen molar-refractivity contribution in [3.63, 3.8) is 0 Å². The lowest BCUT2D eigenvalue weighted by atomic mass is 10.1. The first kappa shape index (κ1) is 24.4. The van der Waals surface area contributed by atoms with E-state index in [4.69, 9.17) is 4.74 Å². The summed E-state index contributed by atoms with van der Waals surface area (Å²) in [5.74, 6) is -0.0332. The van der Waals surface area contributed by atoms with E-state index in [9.17, 15) is 9.59 Å². The van der Waals surface area contributed by atoms with Crippen LogP contribution >= 0.6 is 0 Å². The second-order valence-electron chi connectivity index (χ2n) is 8.52. The van der Waals surface area contributed by atoms with Gasteiger partial charge in [-0.3, -0.25) is 4.79 Å². The molecule has 0 aliphatic carbocycles. The topological polar surface area (TPSA) is 79.5 Å². The van der Waals surface area contributed by atoms with Crippen LogP contribution in [0, 0.1) is 0 Å². The van der Waals surface area contributed by atoms with Crippen LogP contribution in [-0.4, -0.2) is 36.7 Å². The molecule has 0 bridgehead atoms. The minimum atomic E-state index is -0.525. The molecule has 0 heterocycles. The van der Waals surface area contributed by atoms with Gasteiger partial charge in [0.15, 0.2) is 0 Å². The van der Waals surface area contributed by atoms with Gasteiger partial charge in [-0.15, -0.1) is 0 Å². The number of carbonyl (C=O) groups excluding carboxylic acids is 2. The molecule has 2 aromatic rings. The molecule has 6 nitrogen and oxygen atoms in total. The van der Waals surface area contributed by atoms with Crippen molar-refractivity contribution in [3.05, 3.63) is 71.8 Å². The van der Waals surface area contributed by atoms with Gasteiger partial charge in [0.2, 0.25) is 5.91 Å². The highest BCUT2D eigenvalue weighted by atomic mass is 16.6. The van der Waals surface area contributed by atoms with E-state index < -0.39 is 11.7 Å². The molecule has 0 fully saturated rings. The fraction of sp³-hybridized carbons (Fsp3) is 0.440. The summed E-state index contributed by atoms with van der Waals surface area (Å²) in [5.41, 5.74) is 1.76. The normalized spacial score (nSPS) is 12.1. The van der Waals surface area contributed by atoms with Gasteiger partial charge in [-0.2, -0.15) is 0 Å². The van der Waals surface area contributed by atoms with Crippen molar-refractivity contribution in [2.75, 3.05) is 13.1 Å². The van der Waals surface area contributed by atoms with E-state index in [0.717, 1.165) is 12.0 Å². The highest BCUT2D eigenvalue weighted by Gasteiger charge is 2.18. The first-order valence-electron chi connectivity index (χ1n) is 10.9. The van der Waals surface area contributed by atoms with Crippen LogP contribution < -0.4 is 16.0 Å². The van der Waals surface area contributed by atoms with Crippen LogP contribution in [0.5, 0.6) is 0 Å². The van der Waals surface area contributed by atoms with Crippen molar-refractivity contribution in [3.8, 4) is 0 Å². The molecular formula is C25H35N3O3. The van der Waals surface area contributed by atoms with Crippen LogP contribution in [0.15, 0.2) is 60.7 Å². The van der Waals surface area contributed by atoms with Crippen LogP contribution in [0.2, 0.25) is 0 Å². The molecule has 0 saturated carbocycles. The molecule has 2 amide bonds. The average molecular weight is 426 g/mol. The molecule has 0 unspecified atom stereocenters. The number of ether oxygens (including phenoxy) is 1. The van der Waals surface area contributed by atoms with E-state index in [0.29, 0.717) is 32.5 Å². The molecule has 0 aromatic heterocycles. The van der Waals surface area contributed by atoms with Gasteiger partial charge in [-0.05, 0) is 57.7 Å². The lowest BCUT2D eigenvalue weighted by molar-refractivity contribution is -0.123. The van der Waals surface area contributed by atoms with E-state index in [1.165, 1.54) is 5.56 Å². The Bertz CT molecular complexity index is 789. The van der Waals surface area contributed by atoms with Crippen molar-refractivity contribution in [1.82, 2.24) is 16.0 Å². The summed E-state index contributed by atoms with van der Waals surface area (Å²) < 4.78 is 5.25. The zero-order chi connectivity index (χ0) is 22.5. The molecule has 168 valence electrons. The molecule has 31 heavy (non-hydrogen) atoms. The predicted molar refractivity (Wildman–Crippen MR) is 124 cm³/mol. The fourth-order valence-electron chi connectivity index (χ4n) is 3.08. The maximum absolute atomic E-state index is 12.8. The number of carbonyl (C=O) groups is 2. The molecule has 0 aliphatic rings. The third-order valence-corrected chi connectivity index (χ3v) is 4.61. The maximum Gasteiger partial charge on any atom is 0.407 e. The molecule has 0 spiro atoms. The van der Waals surface area contributed by atoms with E-state index in [-0.39, 0.29) is 11.9 Å². The minimum Gasteiger partial charge on any atom is -0.444 e. The first-order chi connectivity index (χ1) is 14.8. The van der Waals surface area contributed by atoms with E-state index >= 15 is 0 Å². The number of amides is 2. The number of benzene rings is 2. The summed E-state index contributed by atoms with van der Waals surface area (Å²) in [4.78, 5) is 24.6. The number of alkyl carbamates (subject to hydrolysis) is 1. The smallest absolute Gasteiger partial charge is 0.407 e. The number of rotatable bonds is 11. The molecular weight excluding hydrogens is 390 g/mol. The van der Waals surface area contributed by atoms with Crippen LogP contribution in [0.3, 0.4) is 0 Å². The van der Waals surface area contributed by atoms with Gasteiger partial charge in [-0.1, -0.05) is 60.7 Å². The first-order valence-corrected chi connectivity index (χ1v) is 10.9. The molecule has 2 rings (SSSR count). The average Bonchev–Trinajstić information content (AvgIpc) is 2.74. The van der Waals surface area contributed by atoms with Gasteiger partial charge in [-0.25, -0.2) is 4.79 Å². The highest BCUT2D eigenvalue weighted by Crippen LogP contribution is 2.07. The number of hydrogen-bond acceptors (Lipinski definition) is 4. The zero-order valence-corrected chi connectivity index (χ0v) is 18.8. The quantitative estimate of drug-likeness (QED) is 0.479. The third-order valence-electron chi connectivity index (χ3n) is 4.61. The Hall–Kier alpha value is -2.86. The zero-order valence-electron chi connectivity index (χ0n) is 18.8. The lowest BCUT2D eigenvalue weighted by Gasteiger charge is -2.21. The van der Waals surface area contributed by atoms with Crippen molar-refractivity contribution >= 4 is 12.0 Å². The molecule has 0 saturated heterocycles. The number of nitrogens with one attached hydrogen (secondary N) is 3. The number of hydrogen-bond donors (Lipinski definition) is 3. The second-order valence-corrected chi connectivity index (χ2v) is 8.52. The third kappa shape index (κ3) is 10.6. The fourth-order valence-corrected chi connectivity index (χ4v) is 3.08. The molecule has 2 aromatic carbocycles. The molecule has 1 atom stereocenters. The SMILES string of the molecule is CC(C)(C)OC(=O)NCCC[C@H](NCCc1ccccc1)C(=O)NCc1ccccc1. The van der Waals surface area contributed by atoms with Crippen LogP contribution in [-0.2, 0) is 22.5 Å². The van der Waals surface area contributed by atoms with Crippen LogP contribution in [0.4, 0.5) is 4.79 Å². The Balaban J connectivity index is 1.82. The Kier molecular flexibility index (Phi) is 10.0. The van der Waals surface area contributed by atoms with Gasteiger partial charge >= 0.3 is 6.09 Å². The summed E-state index contributed by atoms with van der Waals surface area (Å²) in [6.45, 7) is 7.14. The molecule has 0 aliphatic heterocycles. The lowest BCUT2D eigenvalue weighted by Crippen LogP contribution is -2.45. The maximum atomic E-state index is 12.8. The van der Waals surface area contributed by atoms with E-state index in [2.05, 4.69) is 28.1 Å². The van der Waals surface area contributed by atoms with Gasteiger partial charge < -0.3 is 20.7 Å². The van der Waals surface area contributed by atoms with Crippen molar-refractivity contribution < 1.29 is 14.3 Å². The van der Waals surface area contributed by atoms with Gasteiger partial charge in [0.05, 0.1) is 6.04 Å². The Morgan fingerprint density at radius 3 is 2.10 bits per heavy atom. The Morgan fingerprint density at radius 1 is 0.871 bits per heavy atom. The molecule has 6 heteroatoms. The summed E-state index contributed by atoms with van der Waals surface area (Å²) in [5, 5.41) is 9.14. The van der Waals surface area contributed by atoms with Crippen molar-refractivity contribution in [2.24, 2.45) is 0 Å². The predicted octanol–water partition coefficient (Wildman–Crippen LogP) is 3.81. The van der Waals surface area contributed by atoms with E-state index in [1.54, 1.807) is 0 Å². The van der Waals surface area contributed by atoms with Crippen LogP contribution in [0.25, 0.3) is 0 Å². The van der Waals surface area contributed by atoms with Gasteiger partial charge in [0.1, 0.15) is 5.60 Å². The molecule has 3 N–H and O–H groups in total. The Labute approximate surface area is 185 Å². The summed E-state index contributed by atoms with van der Waals surface area (Å²) in [7, 11) is 0. The largest absolute Gasteiger partial charge is 0.444 e. The van der Waals surface area contributed by atoms with Crippen molar-refractivity contribution in [1.29, 1.82) is 0 Å². The van der Waals surface area contributed by atoms with Crippen molar-refractivity contribution in [2.45, 2.75) is 58.2 Å². The summed E-state index contributed by atoms with van der Waals surface area (Å²) in [6.07, 6.45) is 1.70. The van der Waals surface area contributed by atoms with Gasteiger partial charge in [0, 0.05) is 13.1 Å². The summed E-state index contributed by atoms with van der Waals surface area (Å²) in [6, 6.07) is 19.7. The second kappa shape index (κ2) is 12.7. The van der Waals surface area contributed by atoms with Gasteiger partial charge in [0.25, 0.3) is 0 Å². The van der Waals surface area contributed by atoms with E-state index in [1.807, 2.05) is 69.3 Å². The van der Waals surface area contributed by atoms with Crippen LogP contribution in [0.1, 0.15) is 44.7 Å². The molecule has 0 radical (unpaired) electrons. The monoisotopic (exact) mass is 425 g/mol. The Morgan fingerprint density at radius 2 is 1.48 bits per heavy atom. The standard InChI is InChI=1S/C25H35N3O3/c1-25(2,3)31-24(30)27-17-10-15-22(26-18-16-20-11-6-4-7-12-20)23(29)28-19-21-13-8-5-9-14-21/h4-9,11-14,22,26H,10,15-19H2,1-3H3,(H,27,30)(H,28,29)/t22-/m0/s1. The highest BCUT2D eigenvalue weighted by molar-refractivity contribution is 5.81.